The van der Waals surface area contributed by atoms with Gasteiger partial charge in [-0.2, -0.15) is 0 Å². The molecule has 0 saturated carbocycles. The first-order valence-electron chi connectivity index (χ1n) is 8.45. The molecule has 0 amide bonds. The average molecular weight is 316 g/mol. The monoisotopic (exact) mass is 316 g/mol. The fraction of sp³-hybridized carbons (Fsp3) is 1.00. The Morgan fingerprint density at radius 2 is 1.59 bits per heavy atom. The lowest BCUT2D eigenvalue weighted by Gasteiger charge is -2.57. The van der Waals surface area contributed by atoms with E-state index in [4.69, 9.17) is 19.4 Å². The van der Waals surface area contributed by atoms with Crippen LogP contribution in [0.5, 0.6) is 0 Å². The van der Waals surface area contributed by atoms with Gasteiger partial charge in [0.2, 0.25) is 0 Å². The van der Waals surface area contributed by atoms with E-state index in [1.807, 2.05) is 0 Å². The first-order valence-corrected chi connectivity index (χ1v) is 8.45. The van der Waals surface area contributed by atoms with Crippen molar-refractivity contribution in [2.75, 3.05) is 26.9 Å². The van der Waals surface area contributed by atoms with Crippen LogP contribution in [0, 0.1) is 5.41 Å². The topological polar surface area (TPSA) is 53.8 Å². The zero-order chi connectivity index (χ0) is 16.6. The summed E-state index contributed by atoms with van der Waals surface area (Å²) in [4.78, 5) is 0. The second kappa shape index (κ2) is 6.02. The molecule has 2 N–H and O–H groups in total. The Balaban J connectivity index is 2.22. The van der Waals surface area contributed by atoms with Crippen LogP contribution in [0.4, 0.5) is 0 Å². The highest BCUT2D eigenvalue weighted by atomic mass is 16.7. The van der Waals surface area contributed by atoms with Crippen LogP contribution in [0.2, 0.25) is 0 Å². The van der Waals surface area contributed by atoms with E-state index in [1.165, 1.54) is 0 Å². The number of piperidine rings is 1. The largest absolute Gasteiger partial charge is 0.384 e. The molecule has 2 rings (SSSR count). The minimum atomic E-state index is -0.555. The lowest BCUT2D eigenvalue weighted by molar-refractivity contribution is -0.378. The van der Waals surface area contributed by atoms with E-state index < -0.39 is 5.79 Å². The van der Waals surface area contributed by atoms with Crippen molar-refractivity contribution >= 4 is 0 Å². The molecule has 2 fully saturated rings. The maximum absolute atomic E-state index is 8.63. The molecule has 0 unspecified atom stereocenters. The number of rotatable bonds is 4. The Kier molecular flexibility index (Phi) is 4.97. The third-order valence-corrected chi connectivity index (χ3v) is 5.56. The van der Waals surface area contributed by atoms with Gasteiger partial charge in [0.15, 0.2) is 5.79 Å². The van der Waals surface area contributed by atoms with Crippen LogP contribution in [0.3, 0.4) is 0 Å². The van der Waals surface area contributed by atoms with E-state index in [0.29, 0.717) is 19.8 Å². The molecular formula is C17H34NO4+. The highest BCUT2D eigenvalue weighted by molar-refractivity contribution is 5.05. The van der Waals surface area contributed by atoms with E-state index in [2.05, 4.69) is 34.6 Å². The maximum atomic E-state index is 8.63. The maximum Gasteiger partial charge on any atom is 0.172 e. The van der Waals surface area contributed by atoms with Gasteiger partial charge in [0.25, 0.3) is 0 Å². The van der Waals surface area contributed by atoms with Crippen LogP contribution in [-0.2, 0) is 14.2 Å². The van der Waals surface area contributed by atoms with Crippen molar-refractivity contribution in [3.05, 3.63) is 0 Å². The molecule has 22 heavy (non-hydrogen) atoms. The Bertz CT molecular complexity index is 384. The first kappa shape index (κ1) is 18.1. The van der Waals surface area contributed by atoms with Crippen LogP contribution in [0.1, 0.15) is 60.3 Å². The van der Waals surface area contributed by atoms with E-state index in [0.717, 1.165) is 25.7 Å². The van der Waals surface area contributed by atoms with Crippen LogP contribution in [-0.4, -0.2) is 54.1 Å². The van der Waals surface area contributed by atoms with Crippen molar-refractivity contribution in [1.82, 2.24) is 5.06 Å². The molecule has 2 heterocycles. The third kappa shape index (κ3) is 3.06. The van der Waals surface area contributed by atoms with E-state index in [-0.39, 0.29) is 16.5 Å². The lowest BCUT2D eigenvalue weighted by atomic mass is 9.73. The Hall–Kier alpha value is -0.200. The Labute approximate surface area is 134 Å². The van der Waals surface area contributed by atoms with Crippen molar-refractivity contribution < 1.29 is 19.4 Å². The molecule has 5 heteroatoms. The average Bonchev–Trinajstić information content (AvgIpc) is 2.47. The van der Waals surface area contributed by atoms with Crippen molar-refractivity contribution in [3.63, 3.8) is 0 Å². The molecule has 2 saturated heterocycles. The molecule has 1 spiro atoms. The van der Waals surface area contributed by atoms with Gasteiger partial charge < -0.3 is 19.4 Å². The predicted molar refractivity (Wildman–Crippen MR) is 86.7 cm³/mol. The number of hydrogen-bond donors (Lipinski definition) is 0. The lowest BCUT2D eigenvalue weighted by Crippen LogP contribution is -2.69. The minimum Gasteiger partial charge on any atom is -0.384 e. The highest BCUT2D eigenvalue weighted by Crippen LogP contribution is 2.50. The molecule has 0 aromatic carbocycles. The van der Waals surface area contributed by atoms with Gasteiger partial charge in [-0.15, -0.1) is 0 Å². The molecule has 0 bridgehead atoms. The fourth-order valence-electron chi connectivity index (χ4n) is 4.17. The van der Waals surface area contributed by atoms with Gasteiger partial charge in [-0.1, -0.05) is 25.8 Å². The molecule has 0 radical (unpaired) electrons. The summed E-state index contributed by atoms with van der Waals surface area (Å²) in [6.07, 6.45) is 3.36. The zero-order valence-corrected chi connectivity index (χ0v) is 15.1. The fourth-order valence-corrected chi connectivity index (χ4v) is 4.17. The smallest absolute Gasteiger partial charge is 0.172 e. The third-order valence-electron chi connectivity index (χ3n) is 5.56. The zero-order valence-electron chi connectivity index (χ0n) is 15.1. The summed E-state index contributed by atoms with van der Waals surface area (Å²) in [6, 6.07) is 0. The summed E-state index contributed by atoms with van der Waals surface area (Å²) in [7, 11) is 1.72. The summed E-state index contributed by atoms with van der Waals surface area (Å²) in [5.74, 6) is -0.555. The number of hydrogen-bond acceptors (Lipinski definition) is 4. The quantitative estimate of drug-likeness (QED) is 0.748. The van der Waals surface area contributed by atoms with E-state index in [9.17, 15) is 0 Å². The summed E-state index contributed by atoms with van der Waals surface area (Å²) in [5, 5.41) is 10.4. The SMILES string of the molecule is CCC1(CC)CC2(CC(C)(C)N1[OH2+])OCC(C)(COC)CO2. The van der Waals surface area contributed by atoms with Crippen molar-refractivity contribution in [1.29, 1.82) is 0 Å². The summed E-state index contributed by atoms with van der Waals surface area (Å²) in [5.41, 5.74) is -0.528. The molecular weight excluding hydrogens is 282 g/mol. The molecule has 0 aliphatic carbocycles. The second-order valence-corrected chi connectivity index (χ2v) is 8.16. The van der Waals surface area contributed by atoms with Gasteiger partial charge in [0.05, 0.1) is 30.9 Å². The summed E-state index contributed by atoms with van der Waals surface area (Å²) < 4.78 is 17.9. The molecule has 130 valence electrons. The van der Waals surface area contributed by atoms with Crippen LogP contribution in [0.25, 0.3) is 0 Å². The predicted octanol–water partition coefficient (Wildman–Crippen LogP) is 2.46. The first-order chi connectivity index (χ1) is 10.2. The van der Waals surface area contributed by atoms with Crippen molar-refractivity contribution in [2.45, 2.75) is 77.2 Å². The minimum absolute atomic E-state index is 0.0800. The second-order valence-electron chi connectivity index (χ2n) is 8.16. The van der Waals surface area contributed by atoms with Crippen LogP contribution in [0.15, 0.2) is 0 Å². The number of hydroxylamine groups is 2. The van der Waals surface area contributed by atoms with Crippen molar-refractivity contribution in [3.8, 4) is 0 Å². The number of ether oxygens (including phenoxy) is 3. The van der Waals surface area contributed by atoms with Crippen molar-refractivity contribution in [2.24, 2.45) is 5.41 Å². The van der Waals surface area contributed by atoms with E-state index >= 15 is 0 Å². The standard InChI is InChI=1S/C17H33NO4/c1-7-16(8-2)10-17(9-14(3,4)18(16)19)21-12-15(5,11-20-6)13-22-17/h19H,7-13H2,1-6H3/p+1. The van der Waals surface area contributed by atoms with Gasteiger partial charge in [0.1, 0.15) is 0 Å². The summed E-state index contributed by atoms with van der Waals surface area (Å²) in [6.45, 7) is 12.7. The molecule has 0 aromatic rings. The number of nitrogens with zero attached hydrogens (tertiary/aromatic N) is 1. The normalized spacial score (nSPS) is 38.3. The molecule has 2 aliphatic heterocycles. The van der Waals surface area contributed by atoms with Gasteiger partial charge in [0, 0.05) is 25.4 Å². The summed E-state index contributed by atoms with van der Waals surface area (Å²) >= 11 is 0. The van der Waals surface area contributed by atoms with Crippen LogP contribution < -0.4 is 0 Å². The van der Waals surface area contributed by atoms with Gasteiger partial charge in [-0.3, -0.25) is 0 Å². The number of methoxy groups -OCH3 is 1. The Morgan fingerprint density at radius 3 is 2.05 bits per heavy atom. The van der Waals surface area contributed by atoms with Crippen LogP contribution >= 0.6 is 0 Å². The van der Waals surface area contributed by atoms with Gasteiger partial charge in [-0.05, 0) is 26.7 Å². The van der Waals surface area contributed by atoms with Gasteiger partial charge >= 0.3 is 0 Å². The van der Waals surface area contributed by atoms with E-state index in [1.54, 1.807) is 12.2 Å². The highest BCUT2D eigenvalue weighted by Gasteiger charge is 2.60. The molecule has 5 nitrogen and oxygen atoms in total. The van der Waals surface area contributed by atoms with Gasteiger partial charge in [-0.25, -0.2) is 0 Å². The molecule has 2 aliphatic rings. The Morgan fingerprint density at radius 1 is 1.05 bits per heavy atom. The molecule has 0 atom stereocenters. The molecule has 0 aromatic heterocycles.